The van der Waals surface area contributed by atoms with Crippen LogP contribution < -0.4 is 19.7 Å². The van der Waals surface area contributed by atoms with Crippen LogP contribution in [0.5, 0.6) is 11.5 Å². The first-order chi connectivity index (χ1) is 12.7. The summed E-state index contributed by atoms with van der Waals surface area (Å²) in [7, 11) is 1.65. The lowest BCUT2D eigenvalue weighted by atomic mass is 10.0. The van der Waals surface area contributed by atoms with Crippen LogP contribution in [0.25, 0.3) is 0 Å². The van der Waals surface area contributed by atoms with E-state index in [2.05, 4.69) is 27.1 Å². The van der Waals surface area contributed by atoms with Gasteiger partial charge in [-0.05, 0) is 37.8 Å². The zero-order valence-electron chi connectivity index (χ0n) is 15.8. The van der Waals surface area contributed by atoms with Gasteiger partial charge in [-0.25, -0.2) is 9.97 Å². The highest BCUT2D eigenvalue weighted by molar-refractivity contribution is 5.48. The maximum atomic E-state index is 5.98. The molecule has 1 saturated heterocycles. The second kappa shape index (κ2) is 8.74. The molecule has 1 aromatic heterocycles. The third kappa shape index (κ3) is 4.77. The van der Waals surface area contributed by atoms with Crippen molar-refractivity contribution in [2.24, 2.45) is 5.92 Å². The first-order valence-corrected chi connectivity index (χ1v) is 9.26. The van der Waals surface area contributed by atoms with E-state index in [1.54, 1.807) is 13.4 Å². The molecule has 2 aromatic rings. The summed E-state index contributed by atoms with van der Waals surface area (Å²) in [5.41, 5.74) is 0. The van der Waals surface area contributed by atoms with Crippen LogP contribution in [-0.2, 0) is 0 Å². The molecule has 1 aliphatic heterocycles. The Morgan fingerprint density at radius 2 is 2.08 bits per heavy atom. The molecule has 2 atom stereocenters. The van der Waals surface area contributed by atoms with Crippen molar-refractivity contribution in [3.05, 3.63) is 36.7 Å². The van der Waals surface area contributed by atoms with Gasteiger partial charge in [-0.3, -0.25) is 0 Å². The van der Waals surface area contributed by atoms with Crippen molar-refractivity contribution in [2.75, 3.05) is 37.0 Å². The van der Waals surface area contributed by atoms with E-state index in [4.69, 9.17) is 9.47 Å². The molecule has 0 amide bonds. The van der Waals surface area contributed by atoms with Gasteiger partial charge >= 0.3 is 0 Å². The number of ether oxygens (including phenoxy) is 2. The molecule has 0 bridgehead atoms. The number of nitrogens with zero attached hydrogens (tertiary/aromatic N) is 3. The summed E-state index contributed by atoms with van der Waals surface area (Å²) >= 11 is 0. The second-order valence-electron chi connectivity index (χ2n) is 6.92. The zero-order chi connectivity index (χ0) is 18.4. The van der Waals surface area contributed by atoms with Gasteiger partial charge < -0.3 is 19.7 Å². The number of methoxy groups -OCH3 is 1. The maximum Gasteiger partial charge on any atom is 0.161 e. The van der Waals surface area contributed by atoms with E-state index < -0.39 is 0 Å². The highest BCUT2D eigenvalue weighted by Crippen LogP contribution is 2.27. The van der Waals surface area contributed by atoms with Crippen molar-refractivity contribution >= 4 is 11.6 Å². The molecule has 3 rings (SSSR count). The van der Waals surface area contributed by atoms with Gasteiger partial charge in [0.2, 0.25) is 0 Å². The predicted octanol–water partition coefficient (Wildman–Crippen LogP) is 3.60. The largest absolute Gasteiger partial charge is 0.493 e. The van der Waals surface area contributed by atoms with Gasteiger partial charge in [-0.1, -0.05) is 19.1 Å². The van der Waals surface area contributed by atoms with Gasteiger partial charge in [0.25, 0.3) is 0 Å². The fourth-order valence-corrected chi connectivity index (χ4v) is 3.24. The number of benzene rings is 1. The Kier molecular flexibility index (Phi) is 6.15. The van der Waals surface area contributed by atoms with E-state index in [9.17, 15) is 0 Å². The summed E-state index contributed by atoms with van der Waals surface area (Å²) < 4.78 is 11.3. The molecule has 2 heterocycles. The number of hydrogen-bond acceptors (Lipinski definition) is 6. The number of piperidine rings is 1. The lowest BCUT2D eigenvalue weighted by Crippen LogP contribution is -2.34. The fraction of sp³-hybridized carbons (Fsp3) is 0.500. The Morgan fingerprint density at radius 1 is 1.27 bits per heavy atom. The first kappa shape index (κ1) is 18.3. The average molecular weight is 356 g/mol. The summed E-state index contributed by atoms with van der Waals surface area (Å²) in [5.74, 6) is 4.01. The van der Waals surface area contributed by atoms with Crippen LogP contribution in [0.15, 0.2) is 36.7 Å². The van der Waals surface area contributed by atoms with Gasteiger partial charge in [-0.2, -0.15) is 0 Å². The standard InChI is InChI=1S/C20H28N4O2/c1-15-7-6-10-24(13-15)20-11-19(22-14-23-20)21-12-16(2)26-18-9-5-4-8-17(18)25-3/h4-5,8-9,11,14-16H,6-7,10,12-13H2,1-3H3,(H,21,22,23). The third-order valence-electron chi connectivity index (χ3n) is 4.60. The molecule has 1 aromatic carbocycles. The van der Waals surface area contributed by atoms with Crippen LogP contribution in [0.3, 0.4) is 0 Å². The molecule has 1 N–H and O–H groups in total. The molecule has 0 saturated carbocycles. The predicted molar refractivity (Wildman–Crippen MR) is 104 cm³/mol. The van der Waals surface area contributed by atoms with Crippen LogP contribution in [0.1, 0.15) is 26.7 Å². The number of aromatic nitrogens is 2. The Labute approximate surface area is 155 Å². The minimum absolute atomic E-state index is 0.0280. The van der Waals surface area contributed by atoms with Crippen LogP contribution in [0.2, 0.25) is 0 Å². The topological polar surface area (TPSA) is 59.5 Å². The van der Waals surface area contributed by atoms with E-state index in [1.165, 1.54) is 12.8 Å². The minimum atomic E-state index is -0.0280. The summed E-state index contributed by atoms with van der Waals surface area (Å²) in [5, 5.41) is 3.35. The minimum Gasteiger partial charge on any atom is -0.493 e. The lowest BCUT2D eigenvalue weighted by molar-refractivity contribution is 0.223. The molecule has 140 valence electrons. The molecule has 6 nitrogen and oxygen atoms in total. The number of nitrogens with one attached hydrogen (secondary N) is 1. The summed E-state index contributed by atoms with van der Waals surface area (Å²) in [6.07, 6.45) is 4.12. The van der Waals surface area contributed by atoms with E-state index in [-0.39, 0.29) is 6.10 Å². The van der Waals surface area contributed by atoms with E-state index in [1.807, 2.05) is 37.3 Å². The van der Waals surface area contributed by atoms with Gasteiger partial charge in [-0.15, -0.1) is 0 Å². The Morgan fingerprint density at radius 3 is 2.85 bits per heavy atom. The summed E-state index contributed by atoms with van der Waals surface area (Å²) in [6, 6.07) is 9.70. The third-order valence-corrected chi connectivity index (χ3v) is 4.60. The molecular weight excluding hydrogens is 328 g/mol. The lowest BCUT2D eigenvalue weighted by Gasteiger charge is -2.31. The van der Waals surface area contributed by atoms with Crippen molar-refractivity contribution in [1.82, 2.24) is 9.97 Å². The number of rotatable bonds is 7. The van der Waals surface area contributed by atoms with Gasteiger partial charge in [0.15, 0.2) is 11.5 Å². The maximum absolute atomic E-state index is 5.98. The second-order valence-corrected chi connectivity index (χ2v) is 6.92. The molecule has 2 unspecified atom stereocenters. The molecule has 0 radical (unpaired) electrons. The van der Waals surface area contributed by atoms with Gasteiger partial charge in [0.1, 0.15) is 24.1 Å². The van der Waals surface area contributed by atoms with E-state index >= 15 is 0 Å². The van der Waals surface area contributed by atoms with Crippen LogP contribution >= 0.6 is 0 Å². The van der Waals surface area contributed by atoms with Crippen molar-refractivity contribution in [1.29, 1.82) is 0 Å². The Bertz CT molecular complexity index is 710. The van der Waals surface area contributed by atoms with Crippen molar-refractivity contribution in [2.45, 2.75) is 32.8 Å². The van der Waals surface area contributed by atoms with Gasteiger partial charge in [0.05, 0.1) is 13.7 Å². The SMILES string of the molecule is COc1ccccc1OC(C)CNc1cc(N2CCCC(C)C2)ncn1. The highest BCUT2D eigenvalue weighted by atomic mass is 16.5. The summed E-state index contributed by atoms with van der Waals surface area (Å²) in [4.78, 5) is 11.1. The molecule has 1 aliphatic rings. The monoisotopic (exact) mass is 356 g/mol. The quantitative estimate of drug-likeness (QED) is 0.818. The summed E-state index contributed by atoms with van der Waals surface area (Å²) in [6.45, 7) is 7.08. The van der Waals surface area contributed by atoms with Crippen LogP contribution in [0.4, 0.5) is 11.6 Å². The molecular formula is C20H28N4O2. The zero-order valence-corrected chi connectivity index (χ0v) is 15.8. The van der Waals surface area contributed by atoms with Crippen molar-refractivity contribution < 1.29 is 9.47 Å². The molecule has 26 heavy (non-hydrogen) atoms. The first-order valence-electron chi connectivity index (χ1n) is 9.26. The van der Waals surface area contributed by atoms with Crippen LogP contribution in [0, 0.1) is 5.92 Å². The van der Waals surface area contributed by atoms with Crippen LogP contribution in [-0.4, -0.2) is 42.8 Å². The number of anilines is 2. The molecule has 1 fully saturated rings. The Balaban J connectivity index is 1.56. The van der Waals surface area contributed by atoms with Crippen molar-refractivity contribution in [3.8, 4) is 11.5 Å². The smallest absolute Gasteiger partial charge is 0.161 e. The van der Waals surface area contributed by atoms with Gasteiger partial charge in [0, 0.05) is 19.2 Å². The Hall–Kier alpha value is -2.50. The van der Waals surface area contributed by atoms with Crippen molar-refractivity contribution in [3.63, 3.8) is 0 Å². The number of hydrogen-bond donors (Lipinski definition) is 1. The molecule has 0 spiro atoms. The van der Waals surface area contributed by atoms with E-state index in [0.717, 1.165) is 36.2 Å². The highest BCUT2D eigenvalue weighted by Gasteiger charge is 2.18. The average Bonchev–Trinajstić information content (AvgIpc) is 2.67. The van der Waals surface area contributed by atoms with E-state index in [0.29, 0.717) is 12.5 Å². The fourth-order valence-electron chi connectivity index (χ4n) is 3.24. The molecule has 6 heteroatoms. The molecule has 0 aliphatic carbocycles. The normalized spacial score (nSPS) is 18.3. The number of para-hydroxylation sites is 2.